The molecule has 2 rings (SSSR count). The summed E-state index contributed by atoms with van der Waals surface area (Å²) in [6.45, 7) is 0. The largest absolute Gasteiger partial charge is 0.497 e. The molecule has 0 aliphatic heterocycles. The average Bonchev–Trinajstić information content (AvgIpc) is 2.53. The van der Waals surface area contributed by atoms with Crippen LogP contribution >= 0.6 is 15.9 Å². The highest BCUT2D eigenvalue weighted by molar-refractivity contribution is 9.10. The third kappa shape index (κ3) is 4.20. The Morgan fingerprint density at radius 2 is 2.00 bits per heavy atom. The van der Waals surface area contributed by atoms with E-state index in [4.69, 9.17) is 9.47 Å². The number of benzene rings is 1. The molecule has 0 bridgehead atoms. The van der Waals surface area contributed by atoms with Crippen molar-refractivity contribution >= 4 is 21.9 Å². The van der Waals surface area contributed by atoms with Gasteiger partial charge in [-0.15, -0.1) is 0 Å². The van der Waals surface area contributed by atoms with Crippen LogP contribution in [-0.2, 0) is 9.53 Å². The zero-order valence-corrected chi connectivity index (χ0v) is 14.1. The standard InChI is InChI=1S/C16H22BrNO3/c1-20-12-8-9-14(17)13(10-12)15(16(19)21-2)18-11-6-4-3-5-7-11/h8-11,15,18H,3-7H2,1-2H3. The molecule has 0 saturated heterocycles. The van der Waals surface area contributed by atoms with Crippen LogP contribution in [0, 0.1) is 0 Å². The van der Waals surface area contributed by atoms with E-state index in [0.717, 1.165) is 28.6 Å². The molecule has 1 fully saturated rings. The molecule has 1 N–H and O–H groups in total. The van der Waals surface area contributed by atoms with Gasteiger partial charge in [-0.1, -0.05) is 35.2 Å². The molecule has 1 aliphatic rings. The maximum absolute atomic E-state index is 12.2. The first-order chi connectivity index (χ1) is 10.2. The fourth-order valence-electron chi connectivity index (χ4n) is 2.78. The van der Waals surface area contributed by atoms with Crippen molar-refractivity contribution in [3.8, 4) is 5.75 Å². The Labute approximate surface area is 134 Å². The van der Waals surface area contributed by atoms with Gasteiger partial charge in [0.05, 0.1) is 14.2 Å². The minimum Gasteiger partial charge on any atom is -0.497 e. The molecule has 0 aromatic heterocycles. The number of ether oxygens (including phenoxy) is 2. The summed E-state index contributed by atoms with van der Waals surface area (Å²) < 4.78 is 11.1. The summed E-state index contributed by atoms with van der Waals surface area (Å²) in [7, 11) is 3.04. The van der Waals surface area contributed by atoms with Gasteiger partial charge in [-0.3, -0.25) is 5.32 Å². The summed E-state index contributed by atoms with van der Waals surface area (Å²) in [5, 5.41) is 3.45. The predicted octanol–water partition coefficient (Wildman–Crippen LogP) is 3.59. The van der Waals surface area contributed by atoms with Gasteiger partial charge >= 0.3 is 5.97 Å². The van der Waals surface area contributed by atoms with E-state index >= 15 is 0 Å². The first kappa shape index (κ1) is 16.3. The van der Waals surface area contributed by atoms with Gasteiger partial charge in [0.1, 0.15) is 11.8 Å². The predicted molar refractivity (Wildman–Crippen MR) is 85.5 cm³/mol. The Bertz CT molecular complexity index is 486. The van der Waals surface area contributed by atoms with E-state index in [1.165, 1.54) is 26.4 Å². The number of rotatable bonds is 5. The number of carbonyl (C=O) groups excluding carboxylic acids is 1. The number of halogens is 1. The van der Waals surface area contributed by atoms with Crippen LogP contribution in [0.25, 0.3) is 0 Å². The van der Waals surface area contributed by atoms with E-state index in [1.54, 1.807) is 7.11 Å². The summed E-state index contributed by atoms with van der Waals surface area (Å²) in [6, 6.07) is 5.53. The second-order valence-electron chi connectivity index (χ2n) is 5.35. The second-order valence-corrected chi connectivity index (χ2v) is 6.20. The Morgan fingerprint density at radius 3 is 2.62 bits per heavy atom. The fourth-order valence-corrected chi connectivity index (χ4v) is 3.25. The minimum absolute atomic E-state index is 0.269. The van der Waals surface area contributed by atoms with Gasteiger partial charge in [0.2, 0.25) is 0 Å². The molecular weight excluding hydrogens is 334 g/mol. The summed E-state index contributed by atoms with van der Waals surface area (Å²) in [5.41, 5.74) is 0.853. The monoisotopic (exact) mass is 355 g/mol. The number of esters is 1. The van der Waals surface area contributed by atoms with Crippen molar-refractivity contribution in [2.45, 2.75) is 44.2 Å². The van der Waals surface area contributed by atoms with Gasteiger partial charge in [0, 0.05) is 10.5 Å². The molecular formula is C16H22BrNO3. The number of nitrogens with one attached hydrogen (secondary N) is 1. The number of hydrogen-bond acceptors (Lipinski definition) is 4. The van der Waals surface area contributed by atoms with E-state index in [2.05, 4.69) is 21.2 Å². The van der Waals surface area contributed by atoms with Crippen molar-refractivity contribution in [1.82, 2.24) is 5.32 Å². The zero-order chi connectivity index (χ0) is 15.2. The van der Waals surface area contributed by atoms with Crippen molar-refractivity contribution < 1.29 is 14.3 Å². The third-order valence-electron chi connectivity index (χ3n) is 3.96. The molecule has 1 atom stereocenters. The molecule has 1 aromatic rings. The van der Waals surface area contributed by atoms with E-state index in [0.29, 0.717) is 6.04 Å². The van der Waals surface area contributed by atoms with Crippen LogP contribution in [-0.4, -0.2) is 26.2 Å². The smallest absolute Gasteiger partial charge is 0.327 e. The zero-order valence-electron chi connectivity index (χ0n) is 12.5. The maximum Gasteiger partial charge on any atom is 0.327 e. The first-order valence-electron chi connectivity index (χ1n) is 7.33. The number of carbonyl (C=O) groups is 1. The molecule has 0 heterocycles. The lowest BCUT2D eigenvalue weighted by Crippen LogP contribution is -2.39. The summed E-state index contributed by atoms with van der Waals surface area (Å²) >= 11 is 3.52. The molecule has 21 heavy (non-hydrogen) atoms. The molecule has 0 spiro atoms. The molecule has 4 nitrogen and oxygen atoms in total. The molecule has 116 valence electrons. The molecule has 1 aromatic carbocycles. The third-order valence-corrected chi connectivity index (χ3v) is 4.68. The van der Waals surface area contributed by atoms with Gasteiger partial charge in [-0.25, -0.2) is 4.79 Å². The highest BCUT2D eigenvalue weighted by Crippen LogP contribution is 2.30. The lowest BCUT2D eigenvalue weighted by molar-refractivity contribution is -0.143. The molecule has 0 amide bonds. The summed E-state index contributed by atoms with van der Waals surface area (Å²) in [6.07, 6.45) is 5.92. The van der Waals surface area contributed by atoms with Crippen LogP contribution in [0.3, 0.4) is 0 Å². The van der Waals surface area contributed by atoms with E-state index < -0.39 is 6.04 Å². The van der Waals surface area contributed by atoms with E-state index in [9.17, 15) is 4.79 Å². The normalized spacial score (nSPS) is 17.3. The van der Waals surface area contributed by atoms with Crippen LogP contribution < -0.4 is 10.1 Å². The van der Waals surface area contributed by atoms with E-state index in [1.807, 2.05) is 18.2 Å². The lowest BCUT2D eigenvalue weighted by atomic mass is 9.94. The van der Waals surface area contributed by atoms with Gasteiger partial charge in [-0.2, -0.15) is 0 Å². The maximum atomic E-state index is 12.2. The van der Waals surface area contributed by atoms with Crippen LogP contribution in [0.5, 0.6) is 5.75 Å². The molecule has 1 saturated carbocycles. The Balaban J connectivity index is 2.24. The SMILES string of the molecule is COC(=O)C(NC1CCCCC1)c1cc(OC)ccc1Br. The first-order valence-corrected chi connectivity index (χ1v) is 8.12. The Morgan fingerprint density at radius 1 is 1.29 bits per heavy atom. The van der Waals surface area contributed by atoms with Crippen LogP contribution in [0.1, 0.15) is 43.7 Å². The Hall–Kier alpha value is -1.07. The number of methoxy groups -OCH3 is 2. The van der Waals surface area contributed by atoms with Crippen LogP contribution in [0.2, 0.25) is 0 Å². The van der Waals surface area contributed by atoms with Gasteiger partial charge in [0.25, 0.3) is 0 Å². The van der Waals surface area contributed by atoms with E-state index in [-0.39, 0.29) is 5.97 Å². The Kier molecular flexibility index (Phi) is 6.06. The molecule has 1 aliphatic carbocycles. The highest BCUT2D eigenvalue weighted by atomic mass is 79.9. The quantitative estimate of drug-likeness (QED) is 0.819. The van der Waals surface area contributed by atoms with Crippen molar-refractivity contribution in [2.24, 2.45) is 0 Å². The summed E-state index contributed by atoms with van der Waals surface area (Å²) in [4.78, 5) is 12.2. The minimum atomic E-state index is -0.470. The summed E-state index contributed by atoms with van der Waals surface area (Å²) in [5.74, 6) is 0.460. The topological polar surface area (TPSA) is 47.6 Å². The van der Waals surface area contributed by atoms with Crippen LogP contribution in [0.4, 0.5) is 0 Å². The van der Waals surface area contributed by atoms with Gasteiger partial charge in [0.15, 0.2) is 0 Å². The number of hydrogen-bond donors (Lipinski definition) is 1. The van der Waals surface area contributed by atoms with Crippen molar-refractivity contribution in [1.29, 1.82) is 0 Å². The molecule has 1 unspecified atom stereocenters. The van der Waals surface area contributed by atoms with Crippen molar-refractivity contribution in [2.75, 3.05) is 14.2 Å². The second kappa shape index (κ2) is 7.80. The van der Waals surface area contributed by atoms with Gasteiger partial charge < -0.3 is 9.47 Å². The molecule has 0 radical (unpaired) electrons. The lowest BCUT2D eigenvalue weighted by Gasteiger charge is -2.28. The van der Waals surface area contributed by atoms with Gasteiger partial charge in [-0.05, 0) is 36.6 Å². The fraction of sp³-hybridized carbons (Fsp3) is 0.562. The van der Waals surface area contributed by atoms with Crippen LogP contribution in [0.15, 0.2) is 22.7 Å². The average molecular weight is 356 g/mol. The highest BCUT2D eigenvalue weighted by Gasteiger charge is 2.27. The van der Waals surface area contributed by atoms with Crippen molar-refractivity contribution in [3.05, 3.63) is 28.2 Å². The van der Waals surface area contributed by atoms with Crippen molar-refractivity contribution in [3.63, 3.8) is 0 Å². The molecule has 5 heteroatoms.